The van der Waals surface area contributed by atoms with Gasteiger partial charge < -0.3 is 0 Å². The molecule has 0 aromatic rings. The van der Waals surface area contributed by atoms with E-state index in [0.717, 1.165) is 0 Å². The molecule has 1 fully saturated rings. The topological polar surface area (TPSA) is 83.6 Å². The van der Waals surface area contributed by atoms with E-state index >= 15 is 0 Å². The fourth-order valence-corrected chi connectivity index (χ4v) is 5.06. The number of alkyl halides is 1. The van der Waals surface area contributed by atoms with Crippen molar-refractivity contribution in [2.24, 2.45) is 5.92 Å². The average Bonchev–Trinajstić information content (AvgIpc) is 2.38. The van der Waals surface area contributed by atoms with Crippen LogP contribution in [-0.4, -0.2) is 57.7 Å². The van der Waals surface area contributed by atoms with E-state index in [1.54, 1.807) is 13.8 Å². The van der Waals surface area contributed by atoms with Crippen LogP contribution in [0.1, 0.15) is 26.7 Å². The molecule has 1 saturated heterocycles. The number of piperidine rings is 1. The normalized spacial score (nSPS) is 20.9. The Balaban J connectivity index is 2.54. The molecule has 0 bridgehead atoms. The Hall–Kier alpha value is 0.110. The van der Waals surface area contributed by atoms with Crippen molar-refractivity contribution in [1.29, 1.82) is 0 Å². The molecule has 1 unspecified atom stereocenters. The molecule has 0 spiro atoms. The summed E-state index contributed by atoms with van der Waals surface area (Å²) in [4.78, 5) is 0. The Labute approximate surface area is 127 Å². The Kier molecular flexibility index (Phi) is 6.72. The average molecular weight is 347 g/mol. The molecule has 0 saturated carbocycles. The van der Waals surface area contributed by atoms with Crippen LogP contribution in [0.15, 0.2) is 0 Å². The molecule has 6 nitrogen and oxygen atoms in total. The van der Waals surface area contributed by atoms with Crippen LogP contribution in [0, 0.1) is 5.92 Å². The van der Waals surface area contributed by atoms with Crippen molar-refractivity contribution in [1.82, 2.24) is 9.03 Å². The first-order chi connectivity index (χ1) is 9.20. The lowest BCUT2D eigenvalue weighted by Gasteiger charge is -2.31. The number of hydrogen-bond donors (Lipinski definition) is 1. The van der Waals surface area contributed by atoms with Crippen LogP contribution in [-0.2, 0) is 20.0 Å². The summed E-state index contributed by atoms with van der Waals surface area (Å²) >= 11 is 5.65. The van der Waals surface area contributed by atoms with E-state index in [2.05, 4.69) is 4.72 Å². The molecule has 1 rings (SSSR count). The fraction of sp³-hybridized carbons (Fsp3) is 1.00. The highest BCUT2D eigenvalue weighted by atomic mass is 35.5. The van der Waals surface area contributed by atoms with E-state index in [9.17, 15) is 16.8 Å². The molecule has 1 aliphatic heterocycles. The van der Waals surface area contributed by atoms with Gasteiger partial charge in [0.1, 0.15) is 0 Å². The number of hydrogen-bond acceptors (Lipinski definition) is 4. The molecule has 1 N–H and O–H groups in total. The highest BCUT2D eigenvalue weighted by molar-refractivity contribution is 7.89. The molecular formula is C11H23ClN2O4S2. The second kappa shape index (κ2) is 7.40. The first kappa shape index (κ1) is 18.2. The molecule has 0 amide bonds. The third kappa shape index (κ3) is 5.48. The minimum atomic E-state index is -3.30. The van der Waals surface area contributed by atoms with Gasteiger partial charge in [0.15, 0.2) is 0 Å². The molecule has 0 aromatic carbocycles. The van der Waals surface area contributed by atoms with Crippen molar-refractivity contribution in [3.8, 4) is 0 Å². The highest BCUT2D eigenvalue weighted by Gasteiger charge is 2.30. The molecule has 120 valence electrons. The second-order valence-corrected chi connectivity index (χ2v) is 9.60. The number of halogens is 1. The number of nitrogens with zero attached hydrogens (tertiary/aromatic N) is 1. The third-order valence-corrected chi connectivity index (χ3v) is 7.45. The molecule has 0 radical (unpaired) electrons. The molecular weight excluding hydrogens is 324 g/mol. The van der Waals surface area contributed by atoms with Crippen LogP contribution in [0.2, 0.25) is 0 Å². The van der Waals surface area contributed by atoms with Crippen molar-refractivity contribution >= 4 is 31.6 Å². The zero-order valence-electron chi connectivity index (χ0n) is 11.9. The zero-order chi connectivity index (χ0) is 15.4. The summed E-state index contributed by atoms with van der Waals surface area (Å²) in [7, 11) is -6.53. The van der Waals surface area contributed by atoms with Gasteiger partial charge in [-0.3, -0.25) is 0 Å². The van der Waals surface area contributed by atoms with Crippen LogP contribution < -0.4 is 4.72 Å². The number of sulfonamides is 2. The Morgan fingerprint density at radius 2 is 1.80 bits per heavy atom. The van der Waals surface area contributed by atoms with Crippen molar-refractivity contribution in [2.45, 2.75) is 32.7 Å². The van der Waals surface area contributed by atoms with Crippen LogP contribution in [0.5, 0.6) is 0 Å². The van der Waals surface area contributed by atoms with Gasteiger partial charge in [-0.2, -0.15) is 0 Å². The van der Waals surface area contributed by atoms with Gasteiger partial charge >= 0.3 is 0 Å². The molecule has 1 aliphatic rings. The van der Waals surface area contributed by atoms with Crippen LogP contribution >= 0.6 is 11.6 Å². The van der Waals surface area contributed by atoms with E-state index in [0.29, 0.717) is 31.8 Å². The summed E-state index contributed by atoms with van der Waals surface area (Å²) in [5.41, 5.74) is 0. The minimum absolute atomic E-state index is 0.0404. The maximum Gasteiger partial charge on any atom is 0.214 e. The van der Waals surface area contributed by atoms with E-state index in [1.165, 1.54) is 4.31 Å². The van der Waals surface area contributed by atoms with Gasteiger partial charge in [0.2, 0.25) is 20.0 Å². The summed E-state index contributed by atoms with van der Waals surface area (Å²) < 4.78 is 51.2. The summed E-state index contributed by atoms with van der Waals surface area (Å²) in [5, 5.41) is 0. The molecule has 1 atom stereocenters. The van der Waals surface area contributed by atoms with Gasteiger partial charge in [0.05, 0.1) is 11.5 Å². The summed E-state index contributed by atoms with van der Waals surface area (Å²) in [6.07, 6.45) is 1.02. The standard InChI is InChI=1S/C11H23ClN2O4S2/c1-3-19(15,16)13-11-4-6-14(7-5-11)20(17,18)9-10(2)8-12/h10-11,13H,3-9H2,1-2H3. The maximum atomic E-state index is 12.1. The molecule has 1 heterocycles. The van der Waals surface area contributed by atoms with E-state index in [1.807, 2.05) is 0 Å². The van der Waals surface area contributed by atoms with Gasteiger partial charge in [-0.25, -0.2) is 25.9 Å². The summed E-state index contributed by atoms with van der Waals surface area (Å²) in [6, 6.07) is -0.170. The molecule has 0 aliphatic carbocycles. The minimum Gasteiger partial charge on any atom is -0.212 e. The second-order valence-electron chi connectivity index (χ2n) is 5.23. The van der Waals surface area contributed by atoms with Gasteiger partial charge in [0.25, 0.3) is 0 Å². The van der Waals surface area contributed by atoms with E-state index in [4.69, 9.17) is 11.6 Å². The summed E-state index contributed by atoms with van der Waals surface area (Å²) in [6.45, 7) is 4.09. The van der Waals surface area contributed by atoms with Crippen molar-refractivity contribution in [3.63, 3.8) is 0 Å². The van der Waals surface area contributed by atoms with E-state index in [-0.39, 0.29) is 23.5 Å². The Bertz CT molecular complexity index is 499. The zero-order valence-corrected chi connectivity index (χ0v) is 14.3. The van der Waals surface area contributed by atoms with Crippen molar-refractivity contribution < 1.29 is 16.8 Å². The van der Waals surface area contributed by atoms with Crippen molar-refractivity contribution in [2.75, 3.05) is 30.5 Å². The fourth-order valence-electron chi connectivity index (χ4n) is 2.10. The van der Waals surface area contributed by atoms with Gasteiger partial charge in [-0.15, -0.1) is 11.6 Å². The van der Waals surface area contributed by atoms with Crippen LogP contribution in [0.4, 0.5) is 0 Å². The highest BCUT2D eigenvalue weighted by Crippen LogP contribution is 2.17. The predicted molar refractivity (Wildman–Crippen MR) is 80.9 cm³/mol. The quantitative estimate of drug-likeness (QED) is 0.684. The third-order valence-electron chi connectivity index (χ3n) is 3.33. The van der Waals surface area contributed by atoms with E-state index < -0.39 is 20.0 Å². The SMILES string of the molecule is CCS(=O)(=O)NC1CCN(S(=O)(=O)CC(C)CCl)CC1. The molecule has 0 aromatic heterocycles. The lowest BCUT2D eigenvalue weighted by atomic mass is 10.1. The Morgan fingerprint density at radius 1 is 1.25 bits per heavy atom. The largest absolute Gasteiger partial charge is 0.214 e. The van der Waals surface area contributed by atoms with Gasteiger partial charge in [-0.05, 0) is 25.7 Å². The Morgan fingerprint density at radius 3 is 2.25 bits per heavy atom. The van der Waals surface area contributed by atoms with Gasteiger partial charge in [-0.1, -0.05) is 6.92 Å². The number of nitrogens with one attached hydrogen (secondary N) is 1. The molecule has 20 heavy (non-hydrogen) atoms. The lowest BCUT2D eigenvalue weighted by Crippen LogP contribution is -2.47. The predicted octanol–water partition coefficient (Wildman–Crippen LogP) is 0.595. The first-order valence-electron chi connectivity index (χ1n) is 6.74. The lowest BCUT2D eigenvalue weighted by molar-refractivity contribution is 0.307. The van der Waals surface area contributed by atoms with Crippen LogP contribution in [0.3, 0.4) is 0 Å². The van der Waals surface area contributed by atoms with Crippen LogP contribution in [0.25, 0.3) is 0 Å². The summed E-state index contributed by atoms with van der Waals surface area (Å²) in [5.74, 6) is 0.310. The monoisotopic (exact) mass is 346 g/mol. The maximum absolute atomic E-state index is 12.1. The van der Waals surface area contributed by atoms with Gasteiger partial charge in [0, 0.05) is 25.0 Å². The van der Waals surface area contributed by atoms with Crippen molar-refractivity contribution in [3.05, 3.63) is 0 Å². The number of rotatable bonds is 7. The first-order valence-corrected chi connectivity index (χ1v) is 10.5. The smallest absolute Gasteiger partial charge is 0.212 e. The molecule has 9 heteroatoms.